The van der Waals surface area contributed by atoms with Crippen LogP contribution in [0.25, 0.3) is 0 Å². The van der Waals surface area contributed by atoms with Crippen molar-refractivity contribution in [2.24, 2.45) is 0 Å². The SMILES string of the molecule is CCCCCOC(=O)C1=C(C)NC2=C(C(=O)CCC2)C1c1cc(OC)c(OC)cc1Br. The Morgan fingerprint density at radius 1 is 1.16 bits per heavy atom. The molecule has 3 rings (SSSR count). The van der Waals surface area contributed by atoms with Crippen LogP contribution in [0.5, 0.6) is 11.5 Å². The largest absolute Gasteiger partial charge is 0.493 e. The first-order valence-corrected chi connectivity index (χ1v) is 11.5. The lowest BCUT2D eigenvalue weighted by Crippen LogP contribution is -2.34. The lowest BCUT2D eigenvalue weighted by atomic mass is 9.75. The number of dihydropyridines is 1. The number of allylic oxidation sites excluding steroid dienone is 3. The summed E-state index contributed by atoms with van der Waals surface area (Å²) in [4.78, 5) is 26.2. The fourth-order valence-corrected chi connectivity index (χ4v) is 4.80. The van der Waals surface area contributed by atoms with Gasteiger partial charge in [0.1, 0.15) is 0 Å². The molecule has 1 aliphatic heterocycles. The maximum atomic E-state index is 13.2. The Bertz CT molecular complexity index is 934. The summed E-state index contributed by atoms with van der Waals surface area (Å²) in [7, 11) is 3.14. The van der Waals surface area contributed by atoms with E-state index in [1.54, 1.807) is 14.2 Å². The number of ether oxygens (including phenoxy) is 3. The van der Waals surface area contributed by atoms with Crippen LogP contribution in [0, 0.1) is 0 Å². The number of esters is 1. The van der Waals surface area contributed by atoms with Crippen molar-refractivity contribution in [1.82, 2.24) is 5.32 Å². The van der Waals surface area contributed by atoms with Gasteiger partial charge in [-0.15, -0.1) is 0 Å². The van der Waals surface area contributed by atoms with Crippen LogP contribution in [0.1, 0.15) is 63.9 Å². The summed E-state index contributed by atoms with van der Waals surface area (Å²) in [5, 5.41) is 3.32. The molecule has 1 unspecified atom stereocenters. The molecule has 1 atom stereocenters. The lowest BCUT2D eigenvalue weighted by molar-refractivity contribution is -0.139. The summed E-state index contributed by atoms with van der Waals surface area (Å²) in [6.07, 6.45) is 4.92. The number of Topliss-reactive ketones (excluding diaryl/α,β-unsaturated/α-hetero) is 1. The van der Waals surface area contributed by atoms with Crippen molar-refractivity contribution in [2.75, 3.05) is 20.8 Å². The van der Waals surface area contributed by atoms with Crippen molar-refractivity contribution >= 4 is 27.7 Å². The van der Waals surface area contributed by atoms with Crippen molar-refractivity contribution < 1.29 is 23.8 Å². The van der Waals surface area contributed by atoms with E-state index in [1.165, 1.54) is 0 Å². The summed E-state index contributed by atoms with van der Waals surface area (Å²) < 4.78 is 17.3. The monoisotopic (exact) mass is 491 g/mol. The average molecular weight is 492 g/mol. The predicted molar refractivity (Wildman–Crippen MR) is 122 cm³/mol. The first kappa shape index (κ1) is 23.4. The molecule has 0 spiro atoms. The molecule has 0 fully saturated rings. The summed E-state index contributed by atoms with van der Waals surface area (Å²) in [6.45, 7) is 4.34. The number of unbranched alkanes of at least 4 members (excludes halogenated alkanes) is 2. The van der Waals surface area contributed by atoms with Crippen LogP contribution in [0.2, 0.25) is 0 Å². The normalized spacial score (nSPS) is 18.5. The molecule has 0 radical (unpaired) electrons. The number of benzene rings is 1. The molecule has 1 aromatic carbocycles. The molecular formula is C24H30BrNO5. The number of rotatable bonds is 8. The molecule has 1 N–H and O–H groups in total. The summed E-state index contributed by atoms with van der Waals surface area (Å²) in [6, 6.07) is 3.65. The van der Waals surface area contributed by atoms with Gasteiger partial charge in [0, 0.05) is 33.8 Å². The lowest BCUT2D eigenvalue weighted by Gasteiger charge is -2.34. The highest BCUT2D eigenvalue weighted by molar-refractivity contribution is 9.10. The van der Waals surface area contributed by atoms with E-state index in [0.717, 1.165) is 53.5 Å². The summed E-state index contributed by atoms with van der Waals surface area (Å²) in [5.74, 6) is 0.248. The van der Waals surface area contributed by atoms with Gasteiger partial charge in [0.15, 0.2) is 17.3 Å². The second-order valence-corrected chi connectivity index (χ2v) is 8.69. The molecule has 1 aliphatic carbocycles. The van der Waals surface area contributed by atoms with Gasteiger partial charge < -0.3 is 19.5 Å². The zero-order valence-electron chi connectivity index (χ0n) is 18.6. The third kappa shape index (κ3) is 4.81. The maximum Gasteiger partial charge on any atom is 0.336 e. The standard InChI is InChI=1S/C24H30BrNO5/c1-5-6-7-11-31-24(28)21-14(2)26-17-9-8-10-18(27)23(17)22(21)15-12-19(29-3)20(30-4)13-16(15)25/h12-13,22,26H,5-11H2,1-4H3. The number of carbonyl (C=O) groups excluding carboxylic acids is 2. The van der Waals surface area contributed by atoms with Crippen molar-refractivity contribution in [1.29, 1.82) is 0 Å². The number of carbonyl (C=O) groups is 2. The molecule has 0 amide bonds. The van der Waals surface area contributed by atoms with Crippen LogP contribution in [0.15, 0.2) is 39.1 Å². The van der Waals surface area contributed by atoms with Crippen LogP contribution >= 0.6 is 15.9 Å². The van der Waals surface area contributed by atoms with E-state index in [9.17, 15) is 9.59 Å². The first-order valence-electron chi connectivity index (χ1n) is 10.7. The topological polar surface area (TPSA) is 73.9 Å². The Balaban J connectivity index is 2.10. The van der Waals surface area contributed by atoms with E-state index in [4.69, 9.17) is 14.2 Å². The number of nitrogens with one attached hydrogen (secondary N) is 1. The number of methoxy groups -OCH3 is 2. The van der Waals surface area contributed by atoms with Gasteiger partial charge >= 0.3 is 5.97 Å². The average Bonchev–Trinajstić information content (AvgIpc) is 2.75. The second-order valence-electron chi connectivity index (χ2n) is 7.84. The highest BCUT2D eigenvalue weighted by Gasteiger charge is 2.40. The van der Waals surface area contributed by atoms with E-state index in [-0.39, 0.29) is 5.78 Å². The van der Waals surface area contributed by atoms with Crippen molar-refractivity contribution in [2.45, 2.75) is 58.3 Å². The van der Waals surface area contributed by atoms with E-state index >= 15 is 0 Å². The highest BCUT2D eigenvalue weighted by atomic mass is 79.9. The van der Waals surface area contributed by atoms with Crippen LogP contribution in [-0.2, 0) is 14.3 Å². The molecule has 0 bridgehead atoms. The van der Waals surface area contributed by atoms with Gasteiger partial charge in [-0.05, 0) is 43.9 Å². The summed E-state index contributed by atoms with van der Waals surface area (Å²) in [5.41, 5.74) is 3.51. The minimum absolute atomic E-state index is 0.0595. The Labute approximate surface area is 192 Å². The van der Waals surface area contributed by atoms with Crippen LogP contribution in [0.3, 0.4) is 0 Å². The number of ketones is 1. The fourth-order valence-electron chi connectivity index (χ4n) is 4.25. The van der Waals surface area contributed by atoms with Gasteiger partial charge in [-0.2, -0.15) is 0 Å². The van der Waals surface area contributed by atoms with Gasteiger partial charge in [-0.3, -0.25) is 4.79 Å². The number of hydrogen-bond acceptors (Lipinski definition) is 6. The minimum atomic E-state index is -0.531. The zero-order chi connectivity index (χ0) is 22.5. The number of hydrogen-bond donors (Lipinski definition) is 1. The van der Waals surface area contributed by atoms with Gasteiger partial charge in [-0.1, -0.05) is 35.7 Å². The van der Waals surface area contributed by atoms with Crippen LogP contribution in [-0.4, -0.2) is 32.6 Å². The molecule has 7 heteroatoms. The van der Waals surface area contributed by atoms with Crippen molar-refractivity contribution in [3.05, 3.63) is 44.7 Å². The molecule has 0 aromatic heterocycles. The molecule has 1 aromatic rings. The molecule has 0 saturated carbocycles. The number of halogens is 1. The third-order valence-corrected chi connectivity index (χ3v) is 6.48. The summed E-state index contributed by atoms with van der Waals surface area (Å²) >= 11 is 3.63. The van der Waals surface area contributed by atoms with Crippen molar-refractivity contribution in [3.63, 3.8) is 0 Å². The molecule has 31 heavy (non-hydrogen) atoms. The van der Waals surface area contributed by atoms with Gasteiger partial charge in [-0.25, -0.2) is 4.79 Å². The quantitative estimate of drug-likeness (QED) is 0.399. The van der Waals surface area contributed by atoms with E-state index < -0.39 is 11.9 Å². The Hall–Kier alpha value is -2.28. The first-order chi connectivity index (χ1) is 14.9. The Morgan fingerprint density at radius 3 is 2.55 bits per heavy atom. The molecule has 168 valence electrons. The molecule has 1 heterocycles. The zero-order valence-corrected chi connectivity index (χ0v) is 20.2. The second kappa shape index (κ2) is 10.4. The molecule has 2 aliphatic rings. The Morgan fingerprint density at radius 2 is 1.87 bits per heavy atom. The van der Waals surface area contributed by atoms with Crippen LogP contribution < -0.4 is 14.8 Å². The highest BCUT2D eigenvalue weighted by Crippen LogP contribution is 2.47. The van der Waals surface area contributed by atoms with Gasteiger partial charge in [0.25, 0.3) is 0 Å². The van der Waals surface area contributed by atoms with Gasteiger partial charge in [0.05, 0.1) is 26.4 Å². The molecule has 6 nitrogen and oxygen atoms in total. The predicted octanol–water partition coefficient (Wildman–Crippen LogP) is 5.17. The van der Waals surface area contributed by atoms with E-state index in [2.05, 4.69) is 28.2 Å². The van der Waals surface area contributed by atoms with Gasteiger partial charge in [0.2, 0.25) is 0 Å². The fraction of sp³-hybridized carbons (Fsp3) is 0.500. The minimum Gasteiger partial charge on any atom is -0.493 e. The van der Waals surface area contributed by atoms with Crippen LogP contribution in [0.4, 0.5) is 0 Å². The third-order valence-electron chi connectivity index (χ3n) is 5.79. The Kier molecular flexibility index (Phi) is 7.81. The molecule has 0 saturated heterocycles. The van der Waals surface area contributed by atoms with E-state index in [1.807, 2.05) is 19.1 Å². The smallest absolute Gasteiger partial charge is 0.336 e. The molecular weight excluding hydrogens is 462 g/mol. The maximum absolute atomic E-state index is 13.2. The van der Waals surface area contributed by atoms with Crippen molar-refractivity contribution in [3.8, 4) is 11.5 Å². The van der Waals surface area contributed by atoms with E-state index in [0.29, 0.717) is 35.7 Å².